The number of aryl methyl sites for hydroxylation is 1. The zero-order valence-corrected chi connectivity index (χ0v) is 13.3. The second-order valence-corrected chi connectivity index (χ2v) is 6.47. The van der Waals surface area contributed by atoms with Crippen LogP contribution in [0.1, 0.15) is 19.2 Å². The van der Waals surface area contributed by atoms with Crippen LogP contribution >= 0.6 is 23.1 Å². The number of rotatable bonds is 6. The number of nitrogen functional groups attached to an aromatic ring is 1. The van der Waals surface area contributed by atoms with Crippen LogP contribution in [-0.2, 0) is 6.42 Å². The van der Waals surface area contributed by atoms with E-state index in [2.05, 4.69) is 32.5 Å². The third kappa shape index (κ3) is 3.78. The van der Waals surface area contributed by atoms with E-state index in [0.717, 1.165) is 33.2 Å². The molecule has 0 bridgehead atoms. The molecule has 3 N–H and O–H groups in total. The second-order valence-electron chi connectivity index (χ2n) is 4.25. The minimum Gasteiger partial charge on any atom is -0.353 e. The van der Waals surface area contributed by atoms with Gasteiger partial charge in [0.1, 0.15) is 16.7 Å². The highest BCUT2D eigenvalue weighted by Gasteiger charge is 2.10. The van der Waals surface area contributed by atoms with Gasteiger partial charge >= 0.3 is 0 Å². The van der Waals surface area contributed by atoms with E-state index < -0.39 is 0 Å². The summed E-state index contributed by atoms with van der Waals surface area (Å²) in [4.78, 5) is 10.7. The van der Waals surface area contributed by atoms with Gasteiger partial charge < -0.3 is 10.3 Å². The topological polar surface area (TPSA) is 92.8 Å². The van der Waals surface area contributed by atoms with Crippen molar-refractivity contribution in [2.24, 2.45) is 5.84 Å². The lowest BCUT2D eigenvalue weighted by atomic mass is 10.3. The molecule has 108 valence electrons. The van der Waals surface area contributed by atoms with Gasteiger partial charge in [0.2, 0.25) is 5.13 Å². The Kier molecular flexibility index (Phi) is 5.10. The highest BCUT2D eigenvalue weighted by molar-refractivity contribution is 8.01. The van der Waals surface area contributed by atoms with Gasteiger partial charge in [0.25, 0.3) is 0 Å². The monoisotopic (exact) mass is 311 g/mol. The summed E-state index contributed by atoms with van der Waals surface area (Å²) in [6.07, 6.45) is 1.81. The largest absolute Gasteiger partial charge is 0.353 e. The van der Waals surface area contributed by atoms with Crippen molar-refractivity contribution in [1.82, 2.24) is 20.2 Å². The fraction of sp³-hybridized carbons (Fsp3) is 0.455. The summed E-state index contributed by atoms with van der Waals surface area (Å²) in [7, 11) is 3.88. The van der Waals surface area contributed by atoms with E-state index in [1.165, 1.54) is 23.1 Å². The fourth-order valence-corrected chi connectivity index (χ4v) is 3.18. The highest BCUT2D eigenvalue weighted by atomic mass is 32.2. The molecule has 0 saturated carbocycles. The molecule has 0 aliphatic carbocycles. The maximum Gasteiger partial charge on any atom is 0.208 e. The SMILES string of the molecule is CCCc1nc(NN)cc(Sc2nnc(N(C)C)s2)n1. The van der Waals surface area contributed by atoms with Crippen molar-refractivity contribution in [2.45, 2.75) is 29.1 Å². The predicted molar refractivity (Wildman–Crippen MR) is 82.2 cm³/mol. The van der Waals surface area contributed by atoms with Crippen LogP contribution in [0, 0.1) is 0 Å². The van der Waals surface area contributed by atoms with Crippen LogP contribution in [0.3, 0.4) is 0 Å². The van der Waals surface area contributed by atoms with E-state index in [1.54, 1.807) is 6.07 Å². The van der Waals surface area contributed by atoms with Gasteiger partial charge in [-0.15, -0.1) is 10.2 Å². The lowest BCUT2D eigenvalue weighted by Gasteiger charge is -2.05. The number of hydrogen-bond acceptors (Lipinski definition) is 9. The Labute approximate surface area is 126 Å². The van der Waals surface area contributed by atoms with Crippen molar-refractivity contribution in [1.29, 1.82) is 0 Å². The van der Waals surface area contributed by atoms with Gasteiger partial charge in [0.05, 0.1) is 0 Å². The van der Waals surface area contributed by atoms with E-state index in [1.807, 2.05) is 19.0 Å². The van der Waals surface area contributed by atoms with Crippen LogP contribution in [0.5, 0.6) is 0 Å². The van der Waals surface area contributed by atoms with Crippen LogP contribution in [-0.4, -0.2) is 34.3 Å². The van der Waals surface area contributed by atoms with Crippen molar-refractivity contribution in [3.63, 3.8) is 0 Å². The van der Waals surface area contributed by atoms with Gasteiger partial charge in [-0.2, -0.15) is 0 Å². The Morgan fingerprint density at radius 2 is 2.15 bits per heavy atom. The van der Waals surface area contributed by atoms with Crippen LogP contribution in [0.2, 0.25) is 0 Å². The molecule has 0 aromatic carbocycles. The summed E-state index contributed by atoms with van der Waals surface area (Å²) in [6, 6.07) is 1.81. The molecule has 0 amide bonds. The van der Waals surface area contributed by atoms with Crippen LogP contribution in [0.4, 0.5) is 10.9 Å². The van der Waals surface area contributed by atoms with E-state index in [0.29, 0.717) is 5.82 Å². The van der Waals surface area contributed by atoms with Crippen LogP contribution in [0.15, 0.2) is 15.4 Å². The Morgan fingerprint density at radius 3 is 2.75 bits per heavy atom. The Bertz CT molecular complexity index is 570. The first-order chi connectivity index (χ1) is 9.62. The molecule has 0 saturated heterocycles. The van der Waals surface area contributed by atoms with Crippen molar-refractivity contribution in [2.75, 3.05) is 24.4 Å². The smallest absolute Gasteiger partial charge is 0.208 e. The standard InChI is InChI=1S/C11H17N7S2/c1-4-5-7-13-8(15-12)6-9(14-7)19-11-17-16-10(20-11)18(2)3/h6H,4-5,12H2,1-3H3,(H,13,14,15). The highest BCUT2D eigenvalue weighted by Crippen LogP contribution is 2.32. The molecule has 2 rings (SSSR count). The third-order valence-electron chi connectivity index (χ3n) is 2.34. The number of hydrazine groups is 1. The summed E-state index contributed by atoms with van der Waals surface area (Å²) < 4.78 is 0.845. The summed E-state index contributed by atoms with van der Waals surface area (Å²) in [5, 5.41) is 9.93. The lowest BCUT2D eigenvalue weighted by Crippen LogP contribution is -2.10. The Morgan fingerprint density at radius 1 is 1.35 bits per heavy atom. The van der Waals surface area contributed by atoms with Crippen molar-refractivity contribution in [3.8, 4) is 0 Å². The molecule has 0 aliphatic rings. The maximum atomic E-state index is 5.44. The molecule has 2 heterocycles. The van der Waals surface area contributed by atoms with Crippen molar-refractivity contribution in [3.05, 3.63) is 11.9 Å². The average molecular weight is 311 g/mol. The molecule has 9 heteroatoms. The molecule has 0 spiro atoms. The lowest BCUT2D eigenvalue weighted by molar-refractivity contribution is 0.810. The zero-order chi connectivity index (χ0) is 14.5. The zero-order valence-electron chi connectivity index (χ0n) is 11.6. The summed E-state index contributed by atoms with van der Waals surface area (Å²) in [5.74, 6) is 6.83. The van der Waals surface area contributed by atoms with Gasteiger partial charge in [0, 0.05) is 26.6 Å². The van der Waals surface area contributed by atoms with Gasteiger partial charge in [-0.25, -0.2) is 15.8 Å². The first kappa shape index (κ1) is 14.9. The van der Waals surface area contributed by atoms with E-state index in [9.17, 15) is 0 Å². The molecule has 0 fully saturated rings. The average Bonchev–Trinajstić information content (AvgIpc) is 2.87. The van der Waals surface area contributed by atoms with Gasteiger partial charge in [-0.3, -0.25) is 0 Å². The molecule has 0 aliphatic heterocycles. The molecule has 0 atom stereocenters. The first-order valence-electron chi connectivity index (χ1n) is 6.15. The van der Waals surface area contributed by atoms with Crippen molar-refractivity contribution < 1.29 is 0 Å². The Balaban J connectivity index is 2.20. The summed E-state index contributed by atoms with van der Waals surface area (Å²) in [5.41, 5.74) is 2.57. The normalized spacial score (nSPS) is 10.6. The summed E-state index contributed by atoms with van der Waals surface area (Å²) in [6.45, 7) is 2.09. The van der Waals surface area contributed by atoms with Gasteiger partial charge in [0.15, 0.2) is 4.34 Å². The minimum absolute atomic E-state index is 0.614. The summed E-state index contributed by atoms with van der Waals surface area (Å²) >= 11 is 2.99. The molecular formula is C11H17N7S2. The maximum absolute atomic E-state index is 5.44. The molecule has 2 aromatic rings. The molecule has 7 nitrogen and oxygen atoms in total. The number of aromatic nitrogens is 4. The van der Waals surface area contributed by atoms with E-state index >= 15 is 0 Å². The molecule has 0 unspecified atom stereocenters. The first-order valence-corrected chi connectivity index (χ1v) is 7.79. The number of nitrogens with one attached hydrogen (secondary N) is 1. The molecule has 2 aromatic heterocycles. The van der Waals surface area contributed by atoms with Crippen LogP contribution in [0.25, 0.3) is 0 Å². The second kappa shape index (κ2) is 6.82. The number of hydrogen-bond donors (Lipinski definition) is 2. The number of nitrogens with zero attached hydrogens (tertiary/aromatic N) is 5. The van der Waals surface area contributed by atoms with Crippen LogP contribution < -0.4 is 16.2 Å². The number of anilines is 2. The van der Waals surface area contributed by atoms with E-state index in [-0.39, 0.29) is 0 Å². The fourth-order valence-electron chi connectivity index (χ4n) is 1.45. The van der Waals surface area contributed by atoms with Gasteiger partial charge in [-0.05, 0) is 18.2 Å². The Hall–Kier alpha value is -1.45. The molecular weight excluding hydrogens is 294 g/mol. The quantitative estimate of drug-likeness (QED) is 0.474. The van der Waals surface area contributed by atoms with Gasteiger partial charge in [-0.1, -0.05) is 18.3 Å². The van der Waals surface area contributed by atoms with E-state index in [4.69, 9.17) is 5.84 Å². The van der Waals surface area contributed by atoms with Crippen molar-refractivity contribution >= 4 is 34.0 Å². The number of nitrogens with two attached hydrogens (primary N) is 1. The molecule has 20 heavy (non-hydrogen) atoms. The minimum atomic E-state index is 0.614. The predicted octanol–water partition coefficient (Wildman–Crippen LogP) is 1.78. The third-order valence-corrected chi connectivity index (χ3v) is 4.40. The molecule has 0 radical (unpaired) electrons.